The molecule has 7 heteroatoms. The molecular formula is C22H21FN2O3S. The number of halogens is 1. The third kappa shape index (κ3) is 4.63. The molecule has 0 aliphatic heterocycles. The fourth-order valence-corrected chi connectivity index (χ4v) is 3.37. The molecule has 3 rings (SSSR count). The number of sulfonamides is 1. The zero-order valence-electron chi connectivity index (χ0n) is 16.3. The number of anilines is 2. The number of hydrogen-bond acceptors (Lipinski definition) is 3. The minimum Gasteiger partial charge on any atom is -0.320 e. The third-order valence-electron chi connectivity index (χ3n) is 4.58. The van der Waals surface area contributed by atoms with Crippen molar-refractivity contribution in [1.82, 2.24) is 0 Å². The van der Waals surface area contributed by atoms with Crippen molar-refractivity contribution in [1.29, 1.82) is 0 Å². The van der Waals surface area contributed by atoms with Gasteiger partial charge in [0.2, 0.25) is 10.0 Å². The van der Waals surface area contributed by atoms with E-state index in [1.165, 1.54) is 13.1 Å². The van der Waals surface area contributed by atoms with Crippen LogP contribution in [-0.2, 0) is 10.0 Å². The van der Waals surface area contributed by atoms with Gasteiger partial charge in [-0.1, -0.05) is 42.0 Å². The highest BCUT2D eigenvalue weighted by Crippen LogP contribution is 2.33. The molecular weight excluding hydrogens is 391 g/mol. The lowest BCUT2D eigenvalue weighted by Crippen LogP contribution is -2.26. The molecule has 0 saturated carbocycles. The Kier molecular flexibility index (Phi) is 5.70. The smallest absolute Gasteiger partial charge is 0.255 e. The second kappa shape index (κ2) is 8.05. The summed E-state index contributed by atoms with van der Waals surface area (Å²) in [5, 5.41) is 2.76. The largest absolute Gasteiger partial charge is 0.320 e. The molecule has 150 valence electrons. The van der Waals surface area contributed by atoms with Crippen molar-refractivity contribution in [3.63, 3.8) is 0 Å². The van der Waals surface area contributed by atoms with Gasteiger partial charge in [-0.15, -0.1) is 0 Å². The van der Waals surface area contributed by atoms with Gasteiger partial charge < -0.3 is 5.32 Å². The Morgan fingerprint density at radius 1 is 1.00 bits per heavy atom. The predicted octanol–water partition coefficient (Wildman–Crippen LogP) is 4.45. The van der Waals surface area contributed by atoms with Gasteiger partial charge in [0.15, 0.2) is 0 Å². The SMILES string of the molecule is Cc1ccc(C(=O)Nc2cc(-c3ccccc3F)ccc2N(C)S(C)(=O)=O)cc1. The first-order valence-corrected chi connectivity index (χ1v) is 10.7. The summed E-state index contributed by atoms with van der Waals surface area (Å²) >= 11 is 0. The zero-order chi connectivity index (χ0) is 21.2. The zero-order valence-corrected chi connectivity index (χ0v) is 17.1. The second-order valence-corrected chi connectivity index (χ2v) is 8.78. The molecule has 1 amide bonds. The number of nitrogens with one attached hydrogen (secondary N) is 1. The maximum Gasteiger partial charge on any atom is 0.255 e. The molecule has 0 unspecified atom stereocenters. The van der Waals surface area contributed by atoms with Gasteiger partial charge in [-0.2, -0.15) is 0 Å². The Morgan fingerprint density at radius 3 is 2.28 bits per heavy atom. The van der Waals surface area contributed by atoms with Crippen molar-refractivity contribution in [2.75, 3.05) is 22.9 Å². The normalized spacial score (nSPS) is 11.2. The van der Waals surface area contributed by atoms with Crippen LogP contribution in [0.25, 0.3) is 11.1 Å². The van der Waals surface area contributed by atoms with Crippen molar-refractivity contribution in [2.24, 2.45) is 0 Å². The van der Waals surface area contributed by atoms with E-state index in [1.807, 2.05) is 19.1 Å². The number of carbonyl (C=O) groups is 1. The van der Waals surface area contributed by atoms with Crippen LogP contribution >= 0.6 is 0 Å². The summed E-state index contributed by atoms with van der Waals surface area (Å²) in [5.41, 5.74) is 2.87. The van der Waals surface area contributed by atoms with Crippen molar-refractivity contribution in [2.45, 2.75) is 6.92 Å². The highest BCUT2D eigenvalue weighted by atomic mass is 32.2. The van der Waals surface area contributed by atoms with E-state index in [9.17, 15) is 17.6 Å². The maximum absolute atomic E-state index is 14.2. The number of benzene rings is 3. The number of rotatable bonds is 5. The lowest BCUT2D eigenvalue weighted by atomic mass is 10.0. The summed E-state index contributed by atoms with van der Waals surface area (Å²) in [7, 11) is -2.16. The second-order valence-electron chi connectivity index (χ2n) is 6.76. The average Bonchev–Trinajstić information content (AvgIpc) is 2.67. The summed E-state index contributed by atoms with van der Waals surface area (Å²) in [6.45, 7) is 1.92. The van der Waals surface area contributed by atoms with Gasteiger partial charge in [0.05, 0.1) is 17.6 Å². The number of aryl methyl sites for hydroxylation is 1. The standard InChI is InChI=1S/C22H21FN2O3S/c1-15-8-10-16(11-9-15)22(26)24-20-14-17(18-6-4-5-7-19(18)23)12-13-21(20)25(2)29(3,27)28/h4-14H,1-3H3,(H,24,26). The van der Waals surface area contributed by atoms with Crippen LogP contribution in [0.3, 0.4) is 0 Å². The van der Waals surface area contributed by atoms with Gasteiger partial charge in [0, 0.05) is 18.2 Å². The number of amides is 1. The van der Waals surface area contributed by atoms with Gasteiger partial charge in [-0.3, -0.25) is 9.10 Å². The van der Waals surface area contributed by atoms with Crippen molar-refractivity contribution >= 4 is 27.3 Å². The highest BCUT2D eigenvalue weighted by Gasteiger charge is 2.19. The summed E-state index contributed by atoms with van der Waals surface area (Å²) < 4.78 is 39.4. The molecule has 0 saturated heterocycles. The summed E-state index contributed by atoms with van der Waals surface area (Å²) in [4.78, 5) is 12.7. The molecule has 3 aromatic carbocycles. The maximum atomic E-state index is 14.2. The third-order valence-corrected chi connectivity index (χ3v) is 5.77. The van der Waals surface area contributed by atoms with Crippen molar-refractivity contribution < 1.29 is 17.6 Å². The Bertz CT molecular complexity index is 1160. The lowest BCUT2D eigenvalue weighted by Gasteiger charge is -2.21. The molecule has 5 nitrogen and oxygen atoms in total. The van der Waals surface area contributed by atoms with Crippen LogP contribution in [-0.4, -0.2) is 27.6 Å². The highest BCUT2D eigenvalue weighted by molar-refractivity contribution is 7.92. The van der Waals surface area contributed by atoms with Crippen molar-refractivity contribution in [3.05, 3.63) is 83.7 Å². The van der Waals surface area contributed by atoms with Crippen LogP contribution in [0.5, 0.6) is 0 Å². The number of carbonyl (C=O) groups excluding carboxylic acids is 1. The van der Waals surface area contributed by atoms with Gasteiger partial charge in [-0.05, 0) is 42.8 Å². The van der Waals surface area contributed by atoms with Crippen LogP contribution in [0.15, 0.2) is 66.7 Å². The molecule has 0 heterocycles. The van der Waals surface area contributed by atoms with E-state index in [0.29, 0.717) is 16.7 Å². The first-order chi connectivity index (χ1) is 13.7. The van der Waals surface area contributed by atoms with E-state index in [0.717, 1.165) is 16.1 Å². The van der Waals surface area contributed by atoms with Crippen LogP contribution in [0.4, 0.5) is 15.8 Å². The molecule has 0 bridgehead atoms. The molecule has 0 spiro atoms. The Hall–Kier alpha value is -3.19. The number of nitrogens with zero attached hydrogens (tertiary/aromatic N) is 1. The monoisotopic (exact) mass is 412 g/mol. The molecule has 29 heavy (non-hydrogen) atoms. The first kappa shape index (κ1) is 20.5. The molecule has 0 aromatic heterocycles. The van der Waals surface area contributed by atoms with E-state index in [-0.39, 0.29) is 17.3 Å². The Morgan fingerprint density at radius 2 is 1.66 bits per heavy atom. The Labute approximate surface area is 169 Å². The molecule has 0 aliphatic rings. The van der Waals surface area contributed by atoms with E-state index >= 15 is 0 Å². The van der Waals surface area contributed by atoms with Crippen LogP contribution in [0.1, 0.15) is 15.9 Å². The van der Waals surface area contributed by atoms with Crippen LogP contribution in [0, 0.1) is 12.7 Å². The topological polar surface area (TPSA) is 66.5 Å². The van der Waals surface area contributed by atoms with Gasteiger partial charge in [-0.25, -0.2) is 12.8 Å². The average molecular weight is 412 g/mol. The lowest BCUT2D eigenvalue weighted by molar-refractivity contribution is 0.102. The minimum absolute atomic E-state index is 0.268. The van der Waals surface area contributed by atoms with Crippen LogP contribution in [0.2, 0.25) is 0 Å². The van der Waals surface area contributed by atoms with Gasteiger partial charge >= 0.3 is 0 Å². The summed E-state index contributed by atoms with van der Waals surface area (Å²) in [6, 6.07) is 18.0. The minimum atomic E-state index is -3.56. The quantitative estimate of drug-likeness (QED) is 0.673. The van der Waals surface area contributed by atoms with E-state index in [2.05, 4.69) is 5.32 Å². The first-order valence-electron chi connectivity index (χ1n) is 8.87. The molecule has 0 radical (unpaired) electrons. The molecule has 0 atom stereocenters. The van der Waals surface area contributed by atoms with Crippen molar-refractivity contribution in [3.8, 4) is 11.1 Å². The number of hydrogen-bond donors (Lipinski definition) is 1. The Balaban J connectivity index is 2.07. The molecule has 1 N–H and O–H groups in total. The summed E-state index contributed by atoms with van der Waals surface area (Å²) in [5.74, 6) is -0.800. The summed E-state index contributed by atoms with van der Waals surface area (Å²) in [6.07, 6.45) is 1.07. The molecule has 0 aliphatic carbocycles. The van der Waals surface area contributed by atoms with E-state index < -0.39 is 15.8 Å². The predicted molar refractivity (Wildman–Crippen MR) is 114 cm³/mol. The van der Waals surface area contributed by atoms with E-state index in [1.54, 1.807) is 48.5 Å². The van der Waals surface area contributed by atoms with Gasteiger partial charge in [0.1, 0.15) is 5.82 Å². The molecule has 3 aromatic rings. The fourth-order valence-electron chi connectivity index (χ4n) is 2.85. The fraction of sp³-hybridized carbons (Fsp3) is 0.136. The van der Waals surface area contributed by atoms with Crippen LogP contribution < -0.4 is 9.62 Å². The van der Waals surface area contributed by atoms with E-state index in [4.69, 9.17) is 0 Å². The molecule has 0 fully saturated rings. The van der Waals surface area contributed by atoms with Gasteiger partial charge in [0.25, 0.3) is 5.91 Å².